The molecule has 0 saturated carbocycles. The Morgan fingerprint density at radius 3 is 2.36 bits per heavy atom. The number of aliphatic carboxylic acids is 1. The second-order valence-corrected chi connectivity index (χ2v) is 10.5. The Balaban J connectivity index is 1.86. The van der Waals surface area contributed by atoms with Gasteiger partial charge in [0.05, 0.1) is 16.4 Å². The van der Waals surface area contributed by atoms with Crippen molar-refractivity contribution in [3.8, 4) is 0 Å². The summed E-state index contributed by atoms with van der Waals surface area (Å²) in [7, 11) is 0. The molecule has 1 aliphatic heterocycles. The smallest absolute Gasteiger partial charge is 0.416 e. The molecule has 1 heterocycles. The van der Waals surface area contributed by atoms with Gasteiger partial charge in [-0.25, -0.2) is 4.79 Å². The number of nitrogens with one attached hydrogen (secondary N) is 1. The Hall–Kier alpha value is -2.68. The summed E-state index contributed by atoms with van der Waals surface area (Å²) < 4.78 is 44.5. The van der Waals surface area contributed by atoms with Crippen LogP contribution < -0.4 is 5.32 Å². The molecule has 1 aromatic carbocycles. The first-order valence-corrected chi connectivity index (χ1v) is 11.3. The van der Waals surface area contributed by atoms with Crippen molar-refractivity contribution in [1.29, 1.82) is 0 Å². The number of benzene rings is 1. The van der Waals surface area contributed by atoms with E-state index >= 15 is 0 Å². The summed E-state index contributed by atoms with van der Waals surface area (Å²) in [6, 6.07) is 3.54. The average Bonchev–Trinajstić information content (AvgIpc) is 3.09. The Labute approximate surface area is 194 Å². The van der Waals surface area contributed by atoms with E-state index in [1.165, 1.54) is 23.9 Å². The lowest BCUT2D eigenvalue weighted by atomic mass is 9.86. The molecule has 1 aliphatic carbocycles. The van der Waals surface area contributed by atoms with Crippen LogP contribution in [-0.2, 0) is 27.1 Å². The molecule has 33 heavy (non-hydrogen) atoms. The van der Waals surface area contributed by atoms with E-state index in [0.29, 0.717) is 11.3 Å². The van der Waals surface area contributed by atoms with Crippen molar-refractivity contribution in [3.05, 3.63) is 69.9 Å². The molecule has 3 atom stereocenters. The number of ether oxygens (including phenoxy) is 1. The van der Waals surface area contributed by atoms with Crippen LogP contribution in [0, 0.1) is 11.3 Å². The highest BCUT2D eigenvalue weighted by molar-refractivity contribution is 8.04. The van der Waals surface area contributed by atoms with Crippen LogP contribution in [-0.4, -0.2) is 28.3 Å². The number of allylic oxidation sites excluding steroid dienone is 3. The third-order valence-corrected chi connectivity index (χ3v) is 6.70. The maximum atomic E-state index is 13.1. The van der Waals surface area contributed by atoms with Crippen LogP contribution in [0.2, 0.25) is 0 Å². The highest BCUT2D eigenvalue weighted by Gasteiger charge is 2.38. The molecule has 1 amide bonds. The van der Waals surface area contributed by atoms with Gasteiger partial charge in [-0.1, -0.05) is 45.1 Å². The molecule has 0 spiro atoms. The fraction of sp³-hybridized carbons (Fsp3) is 0.417. The summed E-state index contributed by atoms with van der Waals surface area (Å²) >= 11 is 1.53. The predicted octanol–water partition coefficient (Wildman–Crippen LogP) is 5.30. The lowest BCUT2D eigenvalue weighted by Gasteiger charge is -2.30. The van der Waals surface area contributed by atoms with Crippen LogP contribution >= 0.6 is 11.8 Å². The molecule has 0 radical (unpaired) electrons. The van der Waals surface area contributed by atoms with E-state index in [0.717, 1.165) is 17.0 Å². The lowest BCUT2D eigenvalue weighted by Crippen LogP contribution is -2.49. The minimum absolute atomic E-state index is 0.00652. The molecule has 2 N–H and O–H groups in total. The maximum absolute atomic E-state index is 13.1. The highest BCUT2D eigenvalue weighted by atomic mass is 32.2. The molecular formula is C24H26F3NO4S. The van der Waals surface area contributed by atoms with E-state index in [9.17, 15) is 27.9 Å². The molecule has 2 aliphatic rings. The van der Waals surface area contributed by atoms with Gasteiger partial charge in [0.15, 0.2) is 0 Å². The van der Waals surface area contributed by atoms with Gasteiger partial charge >= 0.3 is 12.1 Å². The number of hydrogen-bond acceptors (Lipinski definition) is 4. The SMILES string of the molecule is CC1=CC2C=CC(C(=O)NC(C(=O)O)C(C)(C)C)=C(OCc3ccc(C(F)(F)F)cc3)C2S1. The van der Waals surface area contributed by atoms with E-state index in [1.807, 2.05) is 13.0 Å². The Morgan fingerprint density at radius 2 is 1.82 bits per heavy atom. The number of carboxylic acid groups (broad SMARTS) is 1. The fourth-order valence-electron chi connectivity index (χ4n) is 3.66. The predicted molar refractivity (Wildman–Crippen MR) is 120 cm³/mol. The van der Waals surface area contributed by atoms with Gasteiger partial charge in [-0.3, -0.25) is 4.79 Å². The Kier molecular flexibility index (Phi) is 7.02. The molecule has 9 heteroatoms. The minimum Gasteiger partial charge on any atom is -0.491 e. The van der Waals surface area contributed by atoms with Crippen LogP contribution in [0.3, 0.4) is 0 Å². The summed E-state index contributed by atoms with van der Waals surface area (Å²) in [5.74, 6) is -1.32. The van der Waals surface area contributed by atoms with Crippen molar-refractivity contribution < 1.29 is 32.6 Å². The van der Waals surface area contributed by atoms with Crippen molar-refractivity contribution >= 4 is 23.6 Å². The molecule has 178 valence electrons. The monoisotopic (exact) mass is 481 g/mol. The molecule has 0 bridgehead atoms. The van der Waals surface area contributed by atoms with Gasteiger partial charge in [-0.2, -0.15) is 13.2 Å². The maximum Gasteiger partial charge on any atom is 0.416 e. The average molecular weight is 482 g/mol. The Bertz CT molecular complexity index is 1020. The zero-order valence-corrected chi connectivity index (χ0v) is 19.5. The molecule has 1 aromatic rings. The summed E-state index contributed by atoms with van der Waals surface area (Å²) in [5.41, 5.74) is -0.731. The van der Waals surface area contributed by atoms with Crippen LogP contribution in [0.4, 0.5) is 13.2 Å². The third kappa shape index (κ3) is 5.82. The molecule has 0 saturated heterocycles. The first-order chi connectivity index (χ1) is 15.3. The van der Waals surface area contributed by atoms with Crippen LogP contribution in [0.15, 0.2) is 58.7 Å². The summed E-state index contributed by atoms with van der Waals surface area (Å²) in [6.45, 7) is 7.08. The van der Waals surface area contributed by atoms with Crippen molar-refractivity contribution in [2.24, 2.45) is 11.3 Å². The van der Waals surface area contributed by atoms with Gasteiger partial charge in [-0.05, 0) is 41.0 Å². The largest absolute Gasteiger partial charge is 0.491 e. The standard InChI is InChI=1S/C24H26F3NO4S/c1-13-11-15-7-10-17(21(29)28-20(22(30)31)23(2,3)4)18(19(15)33-13)32-12-14-5-8-16(9-6-14)24(25,26)27/h5-11,15,19-20H,12H2,1-4H3,(H,28,29)(H,30,31). The van der Waals surface area contributed by atoms with E-state index in [2.05, 4.69) is 11.4 Å². The molecule has 3 unspecified atom stereocenters. The number of hydrogen-bond donors (Lipinski definition) is 2. The van der Waals surface area contributed by atoms with Crippen LogP contribution in [0.5, 0.6) is 0 Å². The van der Waals surface area contributed by atoms with Crippen molar-refractivity contribution in [1.82, 2.24) is 5.32 Å². The van der Waals surface area contributed by atoms with Gasteiger partial charge in [0, 0.05) is 5.92 Å². The number of fused-ring (bicyclic) bond motifs is 1. The molecular weight excluding hydrogens is 455 g/mol. The normalized spacial score (nSPS) is 21.4. The van der Waals surface area contributed by atoms with Gasteiger partial charge < -0.3 is 15.2 Å². The summed E-state index contributed by atoms with van der Waals surface area (Å²) in [6.07, 6.45) is 1.12. The van der Waals surface area contributed by atoms with Crippen molar-refractivity contribution in [2.45, 2.75) is 51.8 Å². The summed E-state index contributed by atoms with van der Waals surface area (Å²) in [4.78, 5) is 25.9. The van der Waals surface area contributed by atoms with Gasteiger partial charge in [0.1, 0.15) is 18.4 Å². The van der Waals surface area contributed by atoms with Gasteiger partial charge in [-0.15, -0.1) is 11.8 Å². The number of alkyl halides is 3. The molecule has 0 aromatic heterocycles. The number of halogens is 3. The van der Waals surface area contributed by atoms with E-state index in [-0.39, 0.29) is 23.3 Å². The number of carbonyl (C=O) groups excluding carboxylic acids is 1. The fourth-order valence-corrected chi connectivity index (χ4v) is 4.92. The van der Waals surface area contributed by atoms with Gasteiger partial charge in [0.2, 0.25) is 0 Å². The second kappa shape index (κ2) is 9.29. The zero-order chi connectivity index (χ0) is 24.6. The third-order valence-electron chi connectivity index (χ3n) is 5.41. The van der Waals surface area contributed by atoms with Crippen LogP contribution in [0.25, 0.3) is 0 Å². The molecule has 5 nitrogen and oxygen atoms in total. The summed E-state index contributed by atoms with van der Waals surface area (Å²) in [5, 5.41) is 12.0. The topological polar surface area (TPSA) is 75.6 Å². The highest BCUT2D eigenvalue weighted by Crippen LogP contribution is 2.45. The molecule has 0 fully saturated rings. The number of carbonyl (C=O) groups is 2. The quantitative estimate of drug-likeness (QED) is 0.577. The first kappa shape index (κ1) is 25.0. The van der Waals surface area contributed by atoms with E-state index < -0.39 is 35.1 Å². The number of carboxylic acids is 1. The number of amides is 1. The minimum atomic E-state index is -4.42. The molecule has 3 rings (SSSR count). The number of rotatable bonds is 6. The van der Waals surface area contributed by atoms with Crippen molar-refractivity contribution in [3.63, 3.8) is 0 Å². The van der Waals surface area contributed by atoms with Crippen molar-refractivity contribution in [2.75, 3.05) is 0 Å². The number of thioether (sulfide) groups is 1. The zero-order valence-electron chi connectivity index (χ0n) is 18.7. The van der Waals surface area contributed by atoms with E-state index in [4.69, 9.17) is 4.74 Å². The van der Waals surface area contributed by atoms with Gasteiger partial charge in [0.25, 0.3) is 5.91 Å². The second-order valence-electron chi connectivity index (χ2n) is 9.12. The Morgan fingerprint density at radius 1 is 1.18 bits per heavy atom. The van der Waals surface area contributed by atoms with E-state index in [1.54, 1.807) is 26.8 Å². The first-order valence-electron chi connectivity index (χ1n) is 10.4. The lowest BCUT2D eigenvalue weighted by molar-refractivity contribution is -0.144. The van der Waals surface area contributed by atoms with Crippen LogP contribution in [0.1, 0.15) is 38.8 Å².